The molecule has 8 nitrogen and oxygen atoms in total. The van der Waals surface area contributed by atoms with Gasteiger partial charge in [-0.1, -0.05) is 6.07 Å². The lowest BCUT2D eigenvalue weighted by molar-refractivity contribution is -0.384. The molecule has 0 saturated carbocycles. The minimum Gasteiger partial charge on any atom is -0.461 e. The van der Waals surface area contributed by atoms with Crippen LogP contribution >= 0.6 is 0 Å². The van der Waals surface area contributed by atoms with Crippen molar-refractivity contribution in [2.75, 3.05) is 13.1 Å². The Labute approximate surface area is 181 Å². The number of carbonyl (C=O) groups is 1. The Hall–Kier alpha value is -2.78. The number of aryl methyl sites for hydroxylation is 2. The third-order valence-corrected chi connectivity index (χ3v) is 7.92. The molecule has 0 bridgehead atoms. The van der Waals surface area contributed by atoms with Crippen LogP contribution in [0.4, 0.5) is 5.69 Å². The number of esters is 1. The standard InChI is InChI=1S/C22H24N2O6S/c25-22(30-15-16-4-7-20(8-5-16)24(26)27)18-10-12-23(13-11-18)31(28,29)21-9-6-17-2-1-3-19(17)14-21/h4-9,14,18H,1-3,10-13,15H2. The van der Waals surface area contributed by atoms with Gasteiger partial charge in [-0.25, -0.2) is 8.42 Å². The molecule has 0 radical (unpaired) electrons. The highest BCUT2D eigenvalue weighted by atomic mass is 32.2. The number of sulfonamides is 1. The number of hydrogen-bond donors (Lipinski definition) is 0. The maximum absolute atomic E-state index is 13.0. The Morgan fingerprint density at radius 1 is 1.06 bits per heavy atom. The lowest BCUT2D eigenvalue weighted by atomic mass is 9.98. The van der Waals surface area contributed by atoms with E-state index in [4.69, 9.17) is 4.74 Å². The van der Waals surface area contributed by atoms with E-state index in [-0.39, 0.29) is 37.3 Å². The number of nitrogens with zero attached hydrogens (tertiary/aromatic N) is 2. The van der Waals surface area contributed by atoms with Crippen molar-refractivity contribution >= 4 is 21.7 Å². The predicted molar refractivity (Wildman–Crippen MR) is 113 cm³/mol. The number of nitro groups is 1. The molecule has 2 aromatic carbocycles. The van der Waals surface area contributed by atoms with E-state index in [1.54, 1.807) is 24.3 Å². The van der Waals surface area contributed by atoms with Crippen LogP contribution in [-0.2, 0) is 39.0 Å². The normalized spacial score (nSPS) is 17.3. The Balaban J connectivity index is 1.31. The summed E-state index contributed by atoms with van der Waals surface area (Å²) in [5.74, 6) is -0.725. The Kier molecular flexibility index (Phi) is 6.06. The lowest BCUT2D eigenvalue weighted by Gasteiger charge is -2.30. The molecular weight excluding hydrogens is 420 g/mol. The Bertz CT molecular complexity index is 1090. The van der Waals surface area contributed by atoms with E-state index in [1.807, 2.05) is 6.07 Å². The Morgan fingerprint density at radius 3 is 2.42 bits per heavy atom. The number of carbonyl (C=O) groups excluding carboxylic acids is 1. The maximum atomic E-state index is 13.0. The van der Waals surface area contributed by atoms with Crippen molar-refractivity contribution in [3.63, 3.8) is 0 Å². The molecule has 0 atom stereocenters. The van der Waals surface area contributed by atoms with Gasteiger partial charge in [0.25, 0.3) is 5.69 Å². The van der Waals surface area contributed by atoms with Gasteiger partial charge in [0.1, 0.15) is 6.61 Å². The molecule has 0 aromatic heterocycles. The average molecular weight is 445 g/mol. The van der Waals surface area contributed by atoms with Crippen molar-refractivity contribution in [3.8, 4) is 0 Å². The third-order valence-electron chi connectivity index (χ3n) is 6.02. The highest BCUT2D eigenvalue weighted by Crippen LogP contribution is 2.29. The molecule has 1 aliphatic heterocycles. The molecule has 1 fully saturated rings. The summed E-state index contributed by atoms with van der Waals surface area (Å²) in [6.45, 7) is 0.581. The molecule has 31 heavy (non-hydrogen) atoms. The smallest absolute Gasteiger partial charge is 0.309 e. The van der Waals surface area contributed by atoms with Crippen molar-refractivity contribution in [1.29, 1.82) is 0 Å². The molecule has 1 aliphatic carbocycles. The second-order valence-corrected chi connectivity index (χ2v) is 9.93. The summed E-state index contributed by atoms with van der Waals surface area (Å²) in [7, 11) is -3.57. The fourth-order valence-electron chi connectivity index (χ4n) is 4.18. The number of hydrogen-bond acceptors (Lipinski definition) is 6. The van der Waals surface area contributed by atoms with Crippen LogP contribution in [-0.4, -0.2) is 36.7 Å². The van der Waals surface area contributed by atoms with Crippen molar-refractivity contribution in [2.45, 2.75) is 43.6 Å². The van der Waals surface area contributed by atoms with Gasteiger partial charge in [0.05, 0.1) is 15.7 Å². The van der Waals surface area contributed by atoms with E-state index in [9.17, 15) is 23.3 Å². The fraction of sp³-hybridized carbons (Fsp3) is 0.409. The molecule has 2 aliphatic rings. The number of benzene rings is 2. The van der Waals surface area contributed by atoms with Gasteiger partial charge in [0, 0.05) is 25.2 Å². The van der Waals surface area contributed by atoms with Gasteiger partial charge in [-0.2, -0.15) is 4.31 Å². The first-order valence-corrected chi connectivity index (χ1v) is 11.8. The third kappa shape index (κ3) is 4.62. The van der Waals surface area contributed by atoms with Gasteiger partial charge in [-0.05, 0) is 73.1 Å². The lowest BCUT2D eigenvalue weighted by Crippen LogP contribution is -2.40. The van der Waals surface area contributed by atoms with E-state index in [2.05, 4.69) is 0 Å². The van der Waals surface area contributed by atoms with Crippen LogP contribution in [0.2, 0.25) is 0 Å². The zero-order valence-corrected chi connectivity index (χ0v) is 17.8. The highest BCUT2D eigenvalue weighted by molar-refractivity contribution is 7.89. The summed E-state index contributed by atoms with van der Waals surface area (Å²) in [5, 5.41) is 10.7. The van der Waals surface area contributed by atoms with Crippen LogP contribution in [0.1, 0.15) is 36.0 Å². The largest absolute Gasteiger partial charge is 0.461 e. The number of piperidine rings is 1. The van der Waals surface area contributed by atoms with Crippen molar-refractivity contribution in [3.05, 3.63) is 69.3 Å². The van der Waals surface area contributed by atoms with Gasteiger partial charge in [0.15, 0.2) is 0 Å². The zero-order chi connectivity index (χ0) is 22.0. The van der Waals surface area contributed by atoms with Gasteiger partial charge in [-0.15, -0.1) is 0 Å². The molecule has 0 unspecified atom stereocenters. The summed E-state index contributed by atoms with van der Waals surface area (Å²) in [5.41, 5.74) is 2.99. The molecular formula is C22H24N2O6S. The van der Waals surface area contributed by atoms with Crippen LogP contribution in [0.15, 0.2) is 47.4 Å². The van der Waals surface area contributed by atoms with Gasteiger partial charge >= 0.3 is 5.97 Å². The first-order chi connectivity index (χ1) is 14.8. The quantitative estimate of drug-likeness (QED) is 0.385. The van der Waals surface area contributed by atoms with Gasteiger partial charge in [0.2, 0.25) is 10.0 Å². The molecule has 164 valence electrons. The fourth-order valence-corrected chi connectivity index (χ4v) is 5.70. The summed E-state index contributed by atoms with van der Waals surface area (Å²) < 4.78 is 32.8. The van der Waals surface area contributed by atoms with E-state index in [1.165, 1.54) is 22.0 Å². The summed E-state index contributed by atoms with van der Waals surface area (Å²) in [6.07, 6.45) is 3.79. The van der Waals surface area contributed by atoms with Crippen LogP contribution in [0.25, 0.3) is 0 Å². The monoisotopic (exact) mass is 444 g/mol. The minimum atomic E-state index is -3.57. The second kappa shape index (κ2) is 8.76. The van der Waals surface area contributed by atoms with E-state index in [0.717, 1.165) is 24.8 Å². The van der Waals surface area contributed by atoms with Crippen LogP contribution in [0, 0.1) is 16.0 Å². The number of ether oxygens (including phenoxy) is 1. The second-order valence-electron chi connectivity index (χ2n) is 7.99. The number of rotatable bonds is 6. The molecule has 1 heterocycles. The number of fused-ring (bicyclic) bond motifs is 1. The van der Waals surface area contributed by atoms with Gasteiger partial charge in [-0.3, -0.25) is 14.9 Å². The molecule has 0 amide bonds. The molecule has 0 spiro atoms. The van der Waals surface area contributed by atoms with Crippen molar-refractivity contribution in [1.82, 2.24) is 4.31 Å². The van der Waals surface area contributed by atoms with Crippen molar-refractivity contribution in [2.24, 2.45) is 5.92 Å². The van der Waals surface area contributed by atoms with E-state index in [0.29, 0.717) is 23.3 Å². The van der Waals surface area contributed by atoms with Crippen LogP contribution in [0.5, 0.6) is 0 Å². The van der Waals surface area contributed by atoms with Crippen molar-refractivity contribution < 1.29 is 22.9 Å². The highest BCUT2D eigenvalue weighted by Gasteiger charge is 2.33. The SMILES string of the molecule is O=C(OCc1ccc([N+](=O)[O-])cc1)C1CCN(S(=O)(=O)c2ccc3c(c2)CCC3)CC1. The summed E-state index contributed by atoms with van der Waals surface area (Å²) in [6, 6.07) is 11.2. The molecule has 4 rings (SSSR count). The summed E-state index contributed by atoms with van der Waals surface area (Å²) >= 11 is 0. The van der Waals surface area contributed by atoms with E-state index >= 15 is 0 Å². The number of non-ortho nitro benzene ring substituents is 1. The Morgan fingerprint density at radius 2 is 1.74 bits per heavy atom. The molecule has 0 N–H and O–H groups in total. The topological polar surface area (TPSA) is 107 Å². The average Bonchev–Trinajstić information content (AvgIpc) is 3.26. The van der Waals surface area contributed by atoms with E-state index < -0.39 is 14.9 Å². The minimum absolute atomic E-state index is 0.0213. The first-order valence-electron chi connectivity index (χ1n) is 10.4. The number of nitro benzene ring substituents is 1. The summed E-state index contributed by atoms with van der Waals surface area (Å²) in [4.78, 5) is 22.9. The molecule has 9 heteroatoms. The first kappa shape index (κ1) is 21.5. The predicted octanol–water partition coefficient (Wildman–Crippen LogP) is 3.23. The zero-order valence-electron chi connectivity index (χ0n) is 17.0. The van der Waals surface area contributed by atoms with Crippen LogP contribution in [0.3, 0.4) is 0 Å². The molecule has 2 aromatic rings. The van der Waals surface area contributed by atoms with Crippen LogP contribution < -0.4 is 0 Å². The van der Waals surface area contributed by atoms with Gasteiger partial charge < -0.3 is 4.74 Å². The molecule has 1 saturated heterocycles. The maximum Gasteiger partial charge on any atom is 0.309 e.